The molecule has 1 aromatic carbocycles. The molecule has 1 fully saturated rings. The molecule has 0 unspecified atom stereocenters. The van der Waals surface area contributed by atoms with E-state index in [0.29, 0.717) is 6.61 Å². The average Bonchev–Trinajstić information content (AvgIpc) is 3.19. The molecule has 2 heterocycles. The fraction of sp³-hybridized carbons (Fsp3) is 0.357. The van der Waals surface area contributed by atoms with Crippen LogP contribution in [0.1, 0.15) is 34.9 Å². The third-order valence-electron chi connectivity index (χ3n) is 3.45. The van der Waals surface area contributed by atoms with E-state index >= 15 is 0 Å². The molecular formula is C14H14FN3O2S. The number of hydrogen-bond acceptors (Lipinski definition) is 5. The smallest absolute Gasteiger partial charge is 0.273 e. The van der Waals surface area contributed by atoms with Crippen molar-refractivity contribution in [3.8, 4) is 0 Å². The van der Waals surface area contributed by atoms with E-state index in [9.17, 15) is 9.18 Å². The topological polar surface area (TPSA) is 64.1 Å². The zero-order valence-electron chi connectivity index (χ0n) is 11.2. The zero-order chi connectivity index (χ0) is 14.7. The van der Waals surface area contributed by atoms with Crippen molar-refractivity contribution in [1.82, 2.24) is 14.1 Å². The van der Waals surface area contributed by atoms with Gasteiger partial charge in [0.05, 0.1) is 30.1 Å². The van der Waals surface area contributed by atoms with Gasteiger partial charge in [0, 0.05) is 6.61 Å². The SMILES string of the molecule is O=C(N[C@H](c1ccc(F)cc1)[C@@H]1CCCO1)c1cnsn1. The number of halogens is 1. The Bertz CT molecular complexity index is 597. The lowest BCUT2D eigenvalue weighted by Crippen LogP contribution is -2.36. The molecule has 1 saturated heterocycles. The number of ether oxygens (including phenoxy) is 1. The predicted molar refractivity (Wildman–Crippen MR) is 75.5 cm³/mol. The third-order valence-corrected chi connectivity index (χ3v) is 3.92. The van der Waals surface area contributed by atoms with E-state index in [2.05, 4.69) is 14.1 Å². The van der Waals surface area contributed by atoms with Crippen LogP contribution < -0.4 is 5.32 Å². The van der Waals surface area contributed by atoms with Crippen molar-refractivity contribution in [2.75, 3.05) is 6.61 Å². The van der Waals surface area contributed by atoms with Gasteiger partial charge in [-0.1, -0.05) is 12.1 Å². The molecule has 0 spiro atoms. The average molecular weight is 307 g/mol. The molecule has 0 radical (unpaired) electrons. The number of carbonyl (C=O) groups is 1. The molecule has 0 bridgehead atoms. The van der Waals surface area contributed by atoms with E-state index in [1.807, 2.05) is 0 Å². The van der Waals surface area contributed by atoms with Gasteiger partial charge >= 0.3 is 0 Å². The van der Waals surface area contributed by atoms with Crippen molar-refractivity contribution in [1.29, 1.82) is 0 Å². The molecule has 110 valence electrons. The van der Waals surface area contributed by atoms with E-state index in [-0.39, 0.29) is 29.6 Å². The number of hydrogen-bond donors (Lipinski definition) is 1. The fourth-order valence-corrected chi connectivity index (χ4v) is 2.82. The summed E-state index contributed by atoms with van der Waals surface area (Å²) in [6.07, 6.45) is 3.14. The second kappa shape index (κ2) is 6.28. The molecule has 0 aliphatic carbocycles. The van der Waals surface area contributed by atoms with Crippen molar-refractivity contribution in [2.45, 2.75) is 25.0 Å². The minimum absolute atomic E-state index is 0.106. The van der Waals surface area contributed by atoms with E-state index in [1.54, 1.807) is 12.1 Å². The minimum atomic E-state index is -0.317. The number of carbonyl (C=O) groups excluding carboxylic acids is 1. The number of rotatable bonds is 4. The van der Waals surface area contributed by atoms with E-state index in [4.69, 9.17) is 4.74 Å². The predicted octanol–water partition coefficient (Wildman–Crippen LogP) is 2.33. The lowest BCUT2D eigenvalue weighted by atomic mass is 9.99. The van der Waals surface area contributed by atoms with Crippen molar-refractivity contribution in [2.24, 2.45) is 0 Å². The van der Waals surface area contributed by atoms with Gasteiger partial charge in [-0.25, -0.2) is 4.39 Å². The molecule has 2 aromatic rings. The quantitative estimate of drug-likeness (QED) is 0.941. The Kier molecular flexibility index (Phi) is 4.21. The highest BCUT2D eigenvalue weighted by Gasteiger charge is 2.29. The van der Waals surface area contributed by atoms with Crippen LogP contribution in [0.4, 0.5) is 4.39 Å². The molecule has 1 aromatic heterocycles. The maximum absolute atomic E-state index is 13.1. The monoisotopic (exact) mass is 307 g/mol. The van der Waals surface area contributed by atoms with E-state index < -0.39 is 0 Å². The summed E-state index contributed by atoms with van der Waals surface area (Å²) in [4.78, 5) is 12.2. The Labute approximate surface area is 125 Å². The van der Waals surface area contributed by atoms with Gasteiger partial charge in [-0.05, 0) is 30.5 Å². The molecule has 5 nitrogen and oxygen atoms in total. The fourth-order valence-electron chi connectivity index (χ4n) is 2.41. The molecular weight excluding hydrogens is 293 g/mol. The van der Waals surface area contributed by atoms with Crippen LogP contribution >= 0.6 is 11.7 Å². The number of benzene rings is 1. The van der Waals surface area contributed by atoms with Crippen LogP contribution in [0.2, 0.25) is 0 Å². The van der Waals surface area contributed by atoms with Crippen molar-refractivity contribution >= 4 is 17.6 Å². The Morgan fingerprint density at radius 1 is 1.43 bits per heavy atom. The highest BCUT2D eigenvalue weighted by Crippen LogP contribution is 2.27. The highest BCUT2D eigenvalue weighted by molar-refractivity contribution is 6.99. The molecule has 2 atom stereocenters. The summed E-state index contributed by atoms with van der Waals surface area (Å²) in [6, 6.07) is 5.78. The third kappa shape index (κ3) is 3.25. The van der Waals surface area contributed by atoms with Crippen LogP contribution in [0.3, 0.4) is 0 Å². The summed E-state index contributed by atoms with van der Waals surface area (Å²) >= 11 is 0.983. The number of aromatic nitrogens is 2. The second-order valence-electron chi connectivity index (χ2n) is 4.85. The van der Waals surface area contributed by atoms with Gasteiger partial charge in [0.2, 0.25) is 0 Å². The van der Waals surface area contributed by atoms with Crippen LogP contribution in [0.15, 0.2) is 30.5 Å². The standard InChI is InChI=1S/C14H14FN3O2S/c15-10-5-3-9(4-6-10)13(12-2-1-7-20-12)17-14(19)11-8-16-21-18-11/h3-6,8,12-13H,1-2,7H2,(H,17,19)/t12-,13+/m0/s1. The molecule has 1 aliphatic rings. The van der Waals surface area contributed by atoms with Crippen molar-refractivity contribution < 1.29 is 13.9 Å². The molecule has 1 aliphatic heterocycles. The van der Waals surface area contributed by atoms with Crippen molar-refractivity contribution in [3.63, 3.8) is 0 Å². The summed E-state index contributed by atoms with van der Waals surface area (Å²) in [7, 11) is 0. The van der Waals surface area contributed by atoms with Gasteiger partial charge in [-0.3, -0.25) is 4.79 Å². The summed E-state index contributed by atoms with van der Waals surface area (Å²) in [6.45, 7) is 0.677. The Morgan fingerprint density at radius 2 is 2.24 bits per heavy atom. The maximum atomic E-state index is 13.1. The first-order valence-corrected chi connectivity index (χ1v) is 7.42. The van der Waals surface area contributed by atoms with Gasteiger partial charge in [0.15, 0.2) is 5.69 Å². The number of amides is 1. The maximum Gasteiger partial charge on any atom is 0.273 e. The first kappa shape index (κ1) is 14.1. The Balaban J connectivity index is 1.82. The molecule has 21 heavy (non-hydrogen) atoms. The largest absolute Gasteiger partial charge is 0.376 e. The second-order valence-corrected chi connectivity index (χ2v) is 5.40. The van der Waals surface area contributed by atoms with Crippen molar-refractivity contribution in [3.05, 3.63) is 47.5 Å². The summed E-state index contributed by atoms with van der Waals surface area (Å²) in [5, 5.41) is 2.91. The van der Waals surface area contributed by atoms with E-state index in [1.165, 1.54) is 18.3 Å². The normalized spacial score (nSPS) is 19.4. The first-order valence-electron chi connectivity index (χ1n) is 6.69. The van der Waals surface area contributed by atoms with E-state index in [0.717, 1.165) is 30.1 Å². The van der Waals surface area contributed by atoms with Gasteiger partial charge in [0.1, 0.15) is 5.82 Å². The number of nitrogens with zero attached hydrogens (tertiary/aromatic N) is 2. The van der Waals surface area contributed by atoms with Gasteiger partial charge in [0.25, 0.3) is 5.91 Å². The molecule has 3 rings (SSSR count). The Hall–Kier alpha value is -1.86. The summed E-state index contributed by atoms with van der Waals surface area (Å²) < 4.78 is 26.5. The summed E-state index contributed by atoms with van der Waals surface area (Å²) in [5.74, 6) is -0.603. The van der Waals surface area contributed by atoms with Crippen LogP contribution in [0.5, 0.6) is 0 Å². The van der Waals surface area contributed by atoms with Gasteiger partial charge in [-0.15, -0.1) is 0 Å². The first-order chi connectivity index (χ1) is 10.2. The Morgan fingerprint density at radius 3 is 2.86 bits per heavy atom. The molecule has 0 saturated carbocycles. The molecule has 7 heteroatoms. The lowest BCUT2D eigenvalue weighted by Gasteiger charge is -2.24. The van der Waals surface area contributed by atoms with Crippen LogP contribution in [-0.2, 0) is 4.74 Å². The van der Waals surface area contributed by atoms with Crippen LogP contribution in [0.25, 0.3) is 0 Å². The lowest BCUT2D eigenvalue weighted by molar-refractivity contribution is 0.0670. The van der Waals surface area contributed by atoms with Crippen LogP contribution in [-0.4, -0.2) is 27.4 Å². The zero-order valence-corrected chi connectivity index (χ0v) is 12.0. The molecule has 1 N–H and O–H groups in total. The van der Waals surface area contributed by atoms with Gasteiger partial charge < -0.3 is 10.1 Å². The van der Waals surface area contributed by atoms with Gasteiger partial charge in [-0.2, -0.15) is 8.75 Å². The van der Waals surface area contributed by atoms with Crippen LogP contribution in [0, 0.1) is 5.82 Å². The summed E-state index contributed by atoms with van der Waals surface area (Å²) in [5.41, 5.74) is 1.10. The minimum Gasteiger partial charge on any atom is -0.376 e. The highest BCUT2D eigenvalue weighted by atomic mass is 32.1. The number of nitrogens with one attached hydrogen (secondary N) is 1. The molecule has 1 amide bonds.